The van der Waals surface area contributed by atoms with E-state index in [-0.39, 0.29) is 0 Å². The van der Waals surface area contributed by atoms with Gasteiger partial charge >= 0.3 is 0 Å². The first-order valence-corrected chi connectivity index (χ1v) is 8.55. The second kappa shape index (κ2) is 6.29. The third-order valence-corrected chi connectivity index (χ3v) is 4.86. The number of aryl methyl sites for hydroxylation is 1. The standard InChI is InChI=1S/C19H19ClN4/c1-14-2-3-15-4-7-22-19(16(15)12-14)24-10-8-23(9-11-24)18-5-6-21-13-17(18)20/h2-7,12-13H,8-11H2,1H3. The molecular weight excluding hydrogens is 320 g/mol. The summed E-state index contributed by atoms with van der Waals surface area (Å²) in [7, 11) is 0. The van der Waals surface area contributed by atoms with E-state index in [2.05, 4.69) is 51.0 Å². The number of hydrogen-bond donors (Lipinski definition) is 0. The van der Waals surface area contributed by atoms with Gasteiger partial charge in [0.25, 0.3) is 0 Å². The van der Waals surface area contributed by atoms with Gasteiger partial charge in [0.1, 0.15) is 5.82 Å². The third kappa shape index (κ3) is 2.78. The van der Waals surface area contributed by atoms with Gasteiger partial charge in [-0.3, -0.25) is 4.98 Å². The van der Waals surface area contributed by atoms with Crippen LogP contribution in [-0.4, -0.2) is 36.1 Å². The van der Waals surface area contributed by atoms with Crippen LogP contribution in [0.15, 0.2) is 48.9 Å². The molecule has 1 saturated heterocycles. The zero-order chi connectivity index (χ0) is 16.5. The first kappa shape index (κ1) is 15.2. The molecule has 2 aromatic heterocycles. The van der Waals surface area contributed by atoms with Crippen molar-refractivity contribution in [3.63, 3.8) is 0 Å². The number of hydrogen-bond acceptors (Lipinski definition) is 4. The SMILES string of the molecule is Cc1ccc2ccnc(N3CCN(c4ccncc4Cl)CC3)c2c1. The van der Waals surface area contributed by atoms with E-state index in [9.17, 15) is 0 Å². The minimum Gasteiger partial charge on any atom is -0.367 e. The van der Waals surface area contributed by atoms with Crippen molar-refractivity contribution in [1.82, 2.24) is 9.97 Å². The first-order valence-electron chi connectivity index (χ1n) is 8.17. The maximum absolute atomic E-state index is 6.28. The van der Waals surface area contributed by atoms with Crippen molar-refractivity contribution in [1.29, 1.82) is 0 Å². The van der Waals surface area contributed by atoms with Crippen molar-refractivity contribution in [2.45, 2.75) is 6.92 Å². The van der Waals surface area contributed by atoms with Crippen LogP contribution in [0.4, 0.5) is 11.5 Å². The highest BCUT2D eigenvalue weighted by atomic mass is 35.5. The van der Waals surface area contributed by atoms with Crippen molar-refractivity contribution in [3.05, 3.63) is 59.5 Å². The fourth-order valence-corrected chi connectivity index (χ4v) is 3.54. The summed E-state index contributed by atoms with van der Waals surface area (Å²) in [4.78, 5) is 13.4. The number of anilines is 2. The molecule has 4 rings (SSSR count). The highest BCUT2D eigenvalue weighted by Gasteiger charge is 2.21. The Morgan fingerprint density at radius 3 is 2.54 bits per heavy atom. The average molecular weight is 339 g/mol. The van der Waals surface area contributed by atoms with Gasteiger partial charge in [-0.25, -0.2) is 4.98 Å². The van der Waals surface area contributed by atoms with E-state index in [0.29, 0.717) is 5.02 Å². The fraction of sp³-hybridized carbons (Fsp3) is 0.263. The Kier molecular flexibility index (Phi) is 3.98. The van der Waals surface area contributed by atoms with E-state index >= 15 is 0 Å². The molecule has 1 fully saturated rings. The molecule has 0 amide bonds. The summed E-state index contributed by atoms with van der Waals surface area (Å²) in [6, 6.07) is 10.6. The largest absolute Gasteiger partial charge is 0.367 e. The van der Waals surface area contributed by atoms with Crippen LogP contribution in [-0.2, 0) is 0 Å². The number of nitrogens with zero attached hydrogens (tertiary/aromatic N) is 4. The Balaban J connectivity index is 1.58. The predicted molar refractivity (Wildman–Crippen MR) is 100 cm³/mol. The lowest BCUT2D eigenvalue weighted by Crippen LogP contribution is -2.47. The molecule has 0 bridgehead atoms. The predicted octanol–water partition coefficient (Wildman–Crippen LogP) is 3.92. The van der Waals surface area contributed by atoms with E-state index < -0.39 is 0 Å². The Labute approximate surface area is 146 Å². The van der Waals surface area contributed by atoms with Crippen LogP contribution in [0.2, 0.25) is 5.02 Å². The average Bonchev–Trinajstić information content (AvgIpc) is 2.62. The second-order valence-corrected chi connectivity index (χ2v) is 6.57. The maximum Gasteiger partial charge on any atom is 0.136 e. The minimum absolute atomic E-state index is 0.713. The summed E-state index contributed by atoms with van der Waals surface area (Å²) in [5.74, 6) is 1.08. The molecule has 3 heterocycles. The number of piperazine rings is 1. The van der Waals surface area contributed by atoms with Gasteiger partial charge in [0, 0.05) is 50.2 Å². The molecule has 0 saturated carbocycles. The van der Waals surface area contributed by atoms with Gasteiger partial charge < -0.3 is 9.80 Å². The Bertz CT molecular complexity index is 872. The van der Waals surface area contributed by atoms with Crippen LogP contribution in [0.1, 0.15) is 5.56 Å². The van der Waals surface area contributed by atoms with Crippen LogP contribution in [0.5, 0.6) is 0 Å². The molecule has 3 aromatic rings. The maximum atomic E-state index is 6.28. The molecule has 1 aliphatic rings. The molecule has 0 unspecified atom stereocenters. The number of pyridine rings is 2. The summed E-state index contributed by atoms with van der Waals surface area (Å²) in [6.45, 7) is 5.83. The molecule has 0 radical (unpaired) electrons. The normalized spacial score (nSPS) is 15.1. The minimum atomic E-state index is 0.713. The van der Waals surface area contributed by atoms with E-state index in [4.69, 9.17) is 11.6 Å². The van der Waals surface area contributed by atoms with Crippen LogP contribution in [0.3, 0.4) is 0 Å². The van der Waals surface area contributed by atoms with Gasteiger partial charge in [-0.05, 0) is 30.5 Å². The van der Waals surface area contributed by atoms with Crippen molar-refractivity contribution in [2.24, 2.45) is 0 Å². The number of fused-ring (bicyclic) bond motifs is 1. The Morgan fingerprint density at radius 2 is 1.75 bits per heavy atom. The zero-order valence-corrected chi connectivity index (χ0v) is 14.4. The van der Waals surface area contributed by atoms with Gasteiger partial charge in [0.15, 0.2) is 0 Å². The van der Waals surface area contributed by atoms with Gasteiger partial charge in [-0.15, -0.1) is 0 Å². The highest BCUT2D eigenvalue weighted by Crippen LogP contribution is 2.29. The number of halogens is 1. The Hall–Kier alpha value is -2.33. The number of rotatable bonds is 2. The van der Waals surface area contributed by atoms with E-state index in [1.54, 1.807) is 12.4 Å². The summed E-state index contributed by atoms with van der Waals surface area (Å²) < 4.78 is 0. The molecule has 0 spiro atoms. The fourth-order valence-electron chi connectivity index (χ4n) is 3.30. The van der Waals surface area contributed by atoms with E-state index in [1.165, 1.54) is 16.3 Å². The highest BCUT2D eigenvalue weighted by molar-refractivity contribution is 6.33. The number of aromatic nitrogens is 2. The first-order chi connectivity index (χ1) is 11.7. The molecule has 0 atom stereocenters. The molecule has 122 valence electrons. The van der Waals surface area contributed by atoms with Gasteiger partial charge in [-0.1, -0.05) is 29.3 Å². The molecule has 0 N–H and O–H groups in total. The van der Waals surface area contributed by atoms with Crippen molar-refractivity contribution < 1.29 is 0 Å². The zero-order valence-electron chi connectivity index (χ0n) is 13.6. The van der Waals surface area contributed by atoms with Crippen LogP contribution in [0, 0.1) is 6.92 Å². The lowest BCUT2D eigenvalue weighted by atomic mass is 10.1. The third-order valence-electron chi connectivity index (χ3n) is 4.57. The summed E-state index contributed by atoms with van der Waals surface area (Å²) in [6.07, 6.45) is 5.40. The lowest BCUT2D eigenvalue weighted by molar-refractivity contribution is 0.649. The van der Waals surface area contributed by atoms with Gasteiger partial charge in [0.2, 0.25) is 0 Å². The van der Waals surface area contributed by atoms with Crippen molar-refractivity contribution >= 4 is 33.9 Å². The van der Waals surface area contributed by atoms with Gasteiger partial charge in [-0.2, -0.15) is 0 Å². The summed E-state index contributed by atoms with van der Waals surface area (Å²) in [5, 5.41) is 3.18. The van der Waals surface area contributed by atoms with Gasteiger partial charge in [0.05, 0.1) is 10.7 Å². The molecule has 24 heavy (non-hydrogen) atoms. The van der Waals surface area contributed by atoms with Crippen LogP contribution in [0.25, 0.3) is 10.8 Å². The number of benzene rings is 1. The molecule has 1 aliphatic heterocycles. The summed E-state index contributed by atoms with van der Waals surface area (Å²) in [5.41, 5.74) is 2.33. The monoisotopic (exact) mass is 338 g/mol. The van der Waals surface area contributed by atoms with Crippen molar-refractivity contribution in [3.8, 4) is 0 Å². The molecule has 4 nitrogen and oxygen atoms in total. The smallest absolute Gasteiger partial charge is 0.136 e. The molecule has 0 aliphatic carbocycles. The van der Waals surface area contributed by atoms with Crippen LogP contribution >= 0.6 is 11.6 Å². The Morgan fingerprint density at radius 1 is 0.958 bits per heavy atom. The second-order valence-electron chi connectivity index (χ2n) is 6.16. The van der Waals surface area contributed by atoms with E-state index in [0.717, 1.165) is 37.7 Å². The topological polar surface area (TPSA) is 32.3 Å². The molecule has 5 heteroatoms. The molecular formula is C19H19ClN4. The van der Waals surface area contributed by atoms with Crippen molar-refractivity contribution in [2.75, 3.05) is 36.0 Å². The van der Waals surface area contributed by atoms with Crippen LogP contribution < -0.4 is 9.80 Å². The lowest BCUT2D eigenvalue weighted by Gasteiger charge is -2.37. The molecule has 1 aromatic carbocycles. The quantitative estimate of drug-likeness (QED) is 0.709. The summed E-state index contributed by atoms with van der Waals surface area (Å²) >= 11 is 6.28. The van der Waals surface area contributed by atoms with E-state index in [1.807, 2.05) is 12.3 Å².